The van der Waals surface area contributed by atoms with Crippen LogP contribution in [0, 0.1) is 17.8 Å². The lowest BCUT2D eigenvalue weighted by molar-refractivity contribution is -0.131. The molecular formula is C20H27N3O3. The number of nitrogens with zero attached hydrogens (tertiary/aromatic N) is 1. The fourth-order valence-electron chi connectivity index (χ4n) is 4.18. The molecule has 6 nitrogen and oxygen atoms in total. The molecule has 2 aliphatic rings. The highest BCUT2D eigenvalue weighted by atomic mass is 16.2. The van der Waals surface area contributed by atoms with Crippen LogP contribution in [0.25, 0.3) is 0 Å². The molecule has 1 aromatic rings. The van der Waals surface area contributed by atoms with Crippen LogP contribution in [0.2, 0.25) is 0 Å². The van der Waals surface area contributed by atoms with Crippen molar-refractivity contribution in [2.24, 2.45) is 23.5 Å². The van der Waals surface area contributed by atoms with Crippen molar-refractivity contribution in [3.63, 3.8) is 0 Å². The maximum atomic E-state index is 12.6. The number of hydrogen-bond acceptors (Lipinski definition) is 3. The second-order valence-electron chi connectivity index (χ2n) is 7.71. The predicted molar refractivity (Wildman–Crippen MR) is 99.4 cm³/mol. The number of carbonyl (C=O) groups excluding carboxylic acids is 3. The van der Waals surface area contributed by atoms with Crippen molar-refractivity contribution < 1.29 is 14.4 Å². The highest BCUT2D eigenvalue weighted by Crippen LogP contribution is 2.35. The quantitative estimate of drug-likeness (QED) is 0.866. The van der Waals surface area contributed by atoms with E-state index in [4.69, 9.17) is 5.73 Å². The maximum Gasteiger partial charge on any atom is 0.248 e. The summed E-state index contributed by atoms with van der Waals surface area (Å²) < 4.78 is 0. The maximum absolute atomic E-state index is 12.6. The van der Waals surface area contributed by atoms with Crippen molar-refractivity contribution in [2.45, 2.75) is 45.6 Å². The molecule has 0 radical (unpaired) electrons. The normalized spacial score (nSPS) is 28.8. The van der Waals surface area contributed by atoms with Gasteiger partial charge in [-0.2, -0.15) is 0 Å². The summed E-state index contributed by atoms with van der Waals surface area (Å²) in [7, 11) is 0. The number of nitrogens with two attached hydrogens (primary N) is 1. The Morgan fingerprint density at radius 3 is 2.50 bits per heavy atom. The van der Waals surface area contributed by atoms with Gasteiger partial charge in [0.05, 0.1) is 5.92 Å². The first-order chi connectivity index (χ1) is 12.4. The summed E-state index contributed by atoms with van der Waals surface area (Å²) in [6.45, 7) is 4.96. The van der Waals surface area contributed by atoms with Gasteiger partial charge in [0.1, 0.15) is 0 Å². The molecule has 3 N–H and O–H groups in total. The number of hydrogen-bond donors (Lipinski definition) is 2. The Labute approximate surface area is 154 Å². The minimum absolute atomic E-state index is 0.0835. The zero-order valence-corrected chi connectivity index (χ0v) is 15.4. The number of amides is 3. The fourth-order valence-corrected chi connectivity index (χ4v) is 4.18. The number of rotatable bonds is 4. The number of primary amides is 1. The number of carbonyl (C=O) groups is 3. The van der Waals surface area contributed by atoms with Crippen molar-refractivity contribution >= 4 is 23.4 Å². The van der Waals surface area contributed by atoms with E-state index in [9.17, 15) is 14.4 Å². The Morgan fingerprint density at radius 1 is 1.15 bits per heavy atom. The molecule has 3 rings (SSSR count). The number of nitrogens with one attached hydrogen (secondary N) is 1. The van der Waals surface area contributed by atoms with Crippen molar-refractivity contribution in [1.82, 2.24) is 4.90 Å². The van der Waals surface area contributed by atoms with Gasteiger partial charge in [0.15, 0.2) is 0 Å². The summed E-state index contributed by atoms with van der Waals surface area (Å²) in [5.74, 6) is 0.178. The van der Waals surface area contributed by atoms with Gasteiger partial charge in [-0.25, -0.2) is 0 Å². The molecule has 0 spiro atoms. The summed E-state index contributed by atoms with van der Waals surface area (Å²) in [5.41, 5.74) is 6.21. The summed E-state index contributed by atoms with van der Waals surface area (Å²) in [6.07, 6.45) is 3.65. The Balaban J connectivity index is 1.62. The third-order valence-corrected chi connectivity index (χ3v) is 6.03. The number of benzene rings is 1. The Morgan fingerprint density at radius 2 is 1.85 bits per heavy atom. The summed E-state index contributed by atoms with van der Waals surface area (Å²) in [6, 6.07) is 6.71. The zero-order valence-electron chi connectivity index (χ0n) is 15.4. The third kappa shape index (κ3) is 3.74. The molecule has 140 valence electrons. The van der Waals surface area contributed by atoms with Crippen molar-refractivity contribution in [1.29, 1.82) is 0 Å². The third-order valence-electron chi connectivity index (χ3n) is 6.03. The molecular weight excluding hydrogens is 330 g/mol. The molecule has 1 aliphatic heterocycles. The molecule has 2 fully saturated rings. The van der Waals surface area contributed by atoms with Crippen molar-refractivity contribution in [3.05, 3.63) is 29.8 Å². The topological polar surface area (TPSA) is 92.5 Å². The highest BCUT2D eigenvalue weighted by Gasteiger charge is 2.41. The second-order valence-corrected chi connectivity index (χ2v) is 7.71. The monoisotopic (exact) mass is 357 g/mol. The average Bonchev–Trinajstić information content (AvgIpc) is 2.99. The summed E-state index contributed by atoms with van der Waals surface area (Å²) >= 11 is 0. The van der Waals surface area contributed by atoms with Crippen LogP contribution in [0.15, 0.2) is 24.3 Å². The largest absolute Gasteiger partial charge is 0.366 e. The lowest BCUT2D eigenvalue weighted by Crippen LogP contribution is -2.45. The lowest BCUT2D eigenvalue weighted by Gasteiger charge is -2.40. The van der Waals surface area contributed by atoms with Gasteiger partial charge in [0, 0.05) is 30.3 Å². The molecule has 3 amide bonds. The molecule has 1 saturated heterocycles. The van der Waals surface area contributed by atoms with E-state index in [2.05, 4.69) is 19.2 Å². The molecule has 1 saturated carbocycles. The molecule has 1 heterocycles. The van der Waals surface area contributed by atoms with Crippen molar-refractivity contribution in [3.8, 4) is 0 Å². The molecule has 0 bridgehead atoms. The van der Waals surface area contributed by atoms with Crippen molar-refractivity contribution in [2.75, 3.05) is 11.9 Å². The number of likely N-dealkylation sites (tertiary alicyclic amines) is 1. The van der Waals surface area contributed by atoms with Gasteiger partial charge in [-0.3, -0.25) is 14.4 Å². The van der Waals surface area contributed by atoms with Crippen LogP contribution in [0.3, 0.4) is 0 Å². The van der Waals surface area contributed by atoms with Gasteiger partial charge in [0.25, 0.3) is 0 Å². The predicted octanol–water partition coefficient (Wildman–Crippen LogP) is 2.40. The van der Waals surface area contributed by atoms with Crippen LogP contribution >= 0.6 is 0 Å². The second kappa shape index (κ2) is 7.48. The summed E-state index contributed by atoms with van der Waals surface area (Å²) in [4.78, 5) is 38.1. The zero-order chi connectivity index (χ0) is 18.8. The van der Waals surface area contributed by atoms with Crippen LogP contribution in [0.5, 0.6) is 0 Å². The summed E-state index contributed by atoms with van der Waals surface area (Å²) in [5, 5.41) is 2.84. The molecule has 26 heavy (non-hydrogen) atoms. The molecule has 0 aromatic heterocycles. The van der Waals surface area contributed by atoms with E-state index < -0.39 is 5.91 Å². The highest BCUT2D eigenvalue weighted by molar-refractivity contribution is 5.98. The van der Waals surface area contributed by atoms with Gasteiger partial charge >= 0.3 is 0 Å². The van der Waals surface area contributed by atoms with Gasteiger partial charge in [0.2, 0.25) is 17.7 Å². The molecule has 1 aromatic carbocycles. The fraction of sp³-hybridized carbons (Fsp3) is 0.550. The molecule has 0 unspecified atom stereocenters. The minimum Gasteiger partial charge on any atom is -0.366 e. The molecule has 6 heteroatoms. The van der Waals surface area contributed by atoms with Crippen LogP contribution in [0.4, 0.5) is 5.69 Å². The Bertz CT molecular complexity index is 701. The first-order valence-electron chi connectivity index (χ1n) is 9.37. The lowest BCUT2D eigenvalue weighted by atomic mass is 9.77. The smallest absolute Gasteiger partial charge is 0.248 e. The SMILES string of the molecule is C[C@@H]1[C@H](C)CCC[C@H]1N1C[C@H](C(=O)Nc2ccc(C(N)=O)cc2)CC1=O. The van der Waals surface area contributed by atoms with E-state index in [1.54, 1.807) is 24.3 Å². The van der Waals surface area contributed by atoms with E-state index in [0.717, 1.165) is 12.8 Å². The van der Waals surface area contributed by atoms with E-state index in [0.29, 0.717) is 29.6 Å². The van der Waals surface area contributed by atoms with Gasteiger partial charge in [-0.15, -0.1) is 0 Å². The van der Waals surface area contributed by atoms with Gasteiger partial charge in [-0.05, 0) is 42.5 Å². The first kappa shape index (κ1) is 18.4. The van der Waals surface area contributed by atoms with Crippen LogP contribution in [0.1, 0.15) is 49.9 Å². The van der Waals surface area contributed by atoms with Crippen LogP contribution < -0.4 is 11.1 Å². The van der Waals surface area contributed by atoms with E-state index in [-0.39, 0.29) is 30.2 Å². The first-order valence-corrected chi connectivity index (χ1v) is 9.37. The van der Waals surface area contributed by atoms with Crippen LogP contribution in [-0.2, 0) is 9.59 Å². The van der Waals surface area contributed by atoms with Gasteiger partial charge < -0.3 is 16.0 Å². The molecule has 4 atom stereocenters. The minimum atomic E-state index is -0.504. The van der Waals surface area contributed by atoms with Gasteiger partial charge in [-0.1, -0.05) is 26.7 Å². The van der Waals surface area contributed by atoms with Crippen LogP contribution in [-0.4, -0.2) is 35.2 Å². The average molecular weight is 357 g/mol. The van der Waals surface area contributed by atoms with E-state index >= 15 is 0 Å². The Kier molecular flexibility index (Phi) is 5.30. The Hall–Kier alpha value is -2.37. The number of anilines is 1. The van der Waals surface area contributed by atoms with E-state index in [1.165, 1.54) is 6.42 Å². The van der Waals surface area contributed by atoms with E-state index in [1.807, 2.05) is 4.90 Å². The standard InChI is InChI=1S/C20H27N3O3/c1-12-4-3-5-17(13(12)2)23-11-15(10-18(23)24)20(26)22-16-8-6-14(7-9-16)19(21)25/h6-9,12-13,15,17H,3-5,10-11H2,1-2H3,(H2,21,25)(H,22,26)/t12-,13-,15-,17-/m1/s1. The molecule has 1 aliphatic carbocycles.